The van der Waals surface area contributed by atoms with Crippen molar-refractivity contribution >= 4 is 44.8 Å². The fourth-order valence-corrected chi connectivity index (χ4v) is 4.32. The minimum atomic E-state index is -0.523. The Bertz CT molecular complexity index is 1500. The number of amides is 1. The number of hydrazone groups is 1. The van der Waals surface area contributed by atoms with Gasteiger partial charge in [0.1, 0.15) is 11.5 Å². The highest BCUT2D eigenvalue weighted by molar-refractivity contribution is 9.10. The number of methoxy groups -OCH3 is 1. The largest absolute Gasteiger partial charge is 0.494 e. The summed E-state index contributed by atoms with van der Waals surface area (Å²) in [7, 11) is 1.47. The van der Waals surface area contributed by atoms with E-state index in [2.05, 4.69) is 33.4 Å². The van der Waals surface area contributed by atoms with Crippen LogP contribution in [0.25, 0.3) is 10.8 Å². The van der Waals surface area contributed by atoms with Crippen LogP contribution in [0.5, 0.6) is 23.0 Å². The van der Waals surface area contributed by atoms with E-state index < -0.39 is 11.9 Å². The van der Waals surface area contributed by atoms with E-state index in [0.717, 1.165) is 28.1 Å². The Kier molecular flexibility index (Phi) is 10.1. The van der Waals surface area contributed by atoms with Gasteiger partial charge in [0.2, 0.25) is 0 Å². The number of esters is 1. The van der Waals surface area contributed by atoms with Crippen LogP contribution in [-0.2, 0) is 4.79 Å². The second-order valence-electron chi connectivity index (χ2n) is 8.71. The maximum absolute atomic E-state index is 12.6. The van der Waals surface area contributed by atoms with E-state index in [9.17, 15) is 9.59 Å². The van der Waals surface area contributed by atoms with Gasteiger partial charge in [0, 0.05) is 0 Å². The van der Waals surface area contributed by atoms with Gasteiger partial charge in [-0.3, -0.25) is 4.79 Å². The normalized spacial score (nSPS) is 10.9. The topological polar surface area (TPSA) is 95.5 Å². The number of rotatable bonds is 12. The summed E-state index contributed by atoms with van der Waals surface area (Å²) in [5.74, 6) is 0.912. The smallest absolute Gasteiger partial charge is 0.343 e. The van der Waals surface area contributed by atoms with Gasteiger partial charge in [-0.1, -0.05) is 43.7 Å². The highest BCUT2D eigenvalue weighted by atomic mass is 79.9. The predicted molar refractivity (Wildman–Crippen MR) is 158 cm³/mol. The lowest BCUT2D eigenvalue weighted by Gasteiger charge is -2.11. The first-order valence-corrected chi connectivity index (χ1v) is 13.5. The first-order chi connectivity index (χ1) is 19.5. The fraction of sp³-hybridized carbons (Fsp3) is 0.194. The molecular weight excluding hydrogens is 576 g/mol. The Morgan fingerprint density at radius 3 is 2.48 bits per heavy atom. The van der Waals surface area contributed by atoms with Crippen LogP contribution < -0.4 is 24.4 Å². The molecular formula is C31H29BrN2O6. The van der Waals surface area contributed by atoms with Crippen molar-refractivity contribution in [3.63, 3.8) is 0 Å². The van der Waals surface area contributed by atoms with E-state index in [1.165, 1.54) is 13.3 Å². The number of hydrogen-bond acceptors (Lipinski definition) is 7. The van der Waals surface area contributed by atoms with Crippen molar-refractivity contribution in [2.24, 2.45) is 5.10 Å². The van der Waals surface area contributed by atoms with Crippen molar-refractivity contribution in [3.8, 4) is 23.0 Å². The molecule has 40 heavy (non-hydrogen) atoms. The number of fused-ring (bicyclic) bond motifs is 1. The van der Waals surface area contributed by atoms with Crippen LogP contribution >= 0.6 is 15.9 Å². The van der Waals surface area contributed by atoms with Gasteiger partial charge >= 0.3 is 5.97 Å². The third kappa shape index (κ3) is 7.60. The molecule has 4 aromatic rings. The van der Waals surface area contributed by atoms with Crippen LogP contribution in [0.3, 0.4) is 0 Å². The SMILES string of the molecule is CCCCOc1ccc(C(=O)Oc2ccc(/C=N/NC(=O)COc3ccc4ccccc4c3Br)cc2OC)cc1. The minimum Gasteiger partial charge on any atom is -0.494 e. The van der Waals surface area contributed by atoms with Gasteiger partial charge < -0.3 is 18.9 Å². The summed E-state index contributed by atoms with van der Waals surface area (Å²) in [6.45, 7) is 2.52. The molecule has 0 bridgehead atoms. The van der Waals surface area contributed by atoms with Crippen molar-refractivity contribution in [1.82, 2.24) is 5.43 Å². The van der Waals surface area contributed by atoms with E-state index in [1.54, 1.807) is 42.5 Å². The molecule has 0 aliphatic heterocycles. The van der Waals surface area contributed by atoms with Gasteiger partial charge in [-0.05, 0) is 87.2 Å². The summed E-state index contributed by atoms with van der Waals surface area (Å²) in [6.07, 6.45) is 3.47. The first-order valence-electron chi connectivity index (χ1n) is 12.7. The minimum absolute atomic E-state index is 0.210. The molecule has 0 fully saturated rings. The zero-order valence-corrected chi connectivity index (χ0v) is 23.8. The molecule has 0 heterocycles. The van der Waals surface area contributed by atoms with Gasteiger partial charge in [0.15, 0.2) is 18.1 Å². The maximum atomic E-state index is 12.6. The lowest BCUT2D eigenvalue weighted by Crippen LogP contribution is -2.24. The van der Waals surface area contributed by atoms with Crippen LogP contribution in [0, 0.1) is 0 Å². The summed E-state index contributed by atoms with van der Waals surface area (Å²) < 4.78 is 23.0. The molecule has 0 spiro atoms. The quantitative estimate of drug-likeness (QED) is 0.0648. The Morgan fingerprint density at radius 1 is 0.925 bits per heavy atom. The molecule has 0 saturated heterocycles. The number of nitrogens with one attached hydrogen (secondary N) is 1. The Labute approximate surface area is 241 Å². The fourth-order valence-electron chi connectivity index (χ4n) is 3.71. The zero-order chi connectivity index (χ0) is 28.3. The Morgan fingerprint density at radius 2 is 1.70 bits per heavy atom. The summed E-state index contributed by atoms with van der Waals surface area (Å²) in [5.41, 5.74) is 3.45. The van der Waals surface area contributed by atoms with Gasteiger partial charge in [-0.25, -0.2) is 10.2 Å². The van der Waals surface area contributed by atoms with Crippen LogP contribution in [0.1, 0.15) is 35.7 Å². The highest BCUT2D eigenvalue weighted by Crippen LogP contribution is 2.33. The van der Waals surface area contributed by atoms with Crippen LogP contribution in [-0.4, -0.2) is 38.4 Å². The van der Waals surface area contributed by atoms with Gasteiger partial charge in [0.05, 0.1) is 30.0 Å². The van der Waals surface area contributed by atoms with E-state index in [1.807, 2.05) is 36.4 Å². The van der Waals surface area contributed by atoms with Crippen molar-refractivity contribution in [3.05, 3.63) is 94.5 Å². The van der Waals surface area contributed by atoms with Gasteiger partial charge in [-0.2, -0.15) is 5.10 Å². The number of ether oxygens (including phenoxy) is 4. The molecule has 1 amide bonds. The molecule has 8 nitrogen and oxygen atoms in total. The molecule has 0 aliphatic rings. The number of hydrogen-bond donors (Lipinski definition) is 1. The maximum Gasteiger partial charge on any atom is 0.343 e. The number of carbonyl (C=O) groups is 2. The van der Waals surface area contributed by atoms with Crippen LogP contribution in [0.4, 0.5) is 0 Å². The number of benzene rings is 4. The predicted octanol–water partition coefficient (Wildman–Crippen LogP) is 6.54. The van der Waals surface area contributed by atoms with Gasteiger partial charge in [0.25, 0.3) is 5.91 Å². The van der Waals surface area contributed by atoms with Crippen molar-refractivity contribution < 1.29 is 28.5 Å². The molecule has 206 valence electrons. The van der Waals surface area contributed by atoms with Crippen molar-refractivity contribution in [2.45, 2.75) is 19.8 Å². The highest BCUT2D eigenvalue weighted by Gasteiger charge is 2.13. The first kappa shape index (κ1) is 28.6. The summed E-state index contributed by atoms with van der Waals surface area (Å²) in [6, 6.07) is 23.3. The molecule has 0 radical (unpaired) electrons. The standard InChI is InChI=1S/C31H29BrN2O6/c1-3-4-17-38-24-13-10-23(11-14-24)31(36)40-26-15-9-21(18-28(26)37-2)19-33-34-29(35)20-39-27-16-12-22-7-5-6-8-25(22)30(27)32/h5-16,18-19H,3-4,17,20H2,1-2H3,(H,34,35)/b33-19+. The Balaban J connectivity index is 1.30. The molecule has 0 aromatic heterocycles. The van der Waals surface area contributed by atoms with Crippen molar-refractivity contribution in [1.29, 1.82) is 0 Å². The molecule has 0 aliphatic carbocycles. The molecule has 4 rings (SSSR count). The van der Waals surface area contributed by atoms with E-state index in [0.29, 0.717) is 35.0 Å². The number of carbonyl (C=O) groups excluding carboxylic acids is 2. The number of halogens is 1. The monoisotopic (exact) mass is 604 g/mol. The Hall–Kier alpha value is -4.37. The summed E-state index contributed by atoms with van der Waals surface area (Å²) >= 11 is 3.54. The van der Waals surface area contributed by atoms with E-state index in [4.69, 9.17) is 18.9 Å². The van der Waals surface area contributed by atoms with Crippen LogP contribution in [0.15, 0.2) is 88.4 Å². The molecule has 0 unspecified atom stereocenters. The number of unbranched alkanes of at least 4 members (excludes halogenated alkanes) is 1. The summed E-state index contributed by atoms with van der Waals surface area (Å²) in [4.78, 5) is 24.9. The molecule has 9 heteroatoms. The molecule has 4 aromatic carbocycles. The number of nitrogens with zero attached hydrogens (tertiary/aromatic N) is 1. The summed E-state index contributed by atoms with van der Waals surface area (Å²) in [5, 5.41) is 6.04. The third-order valence-electron chi connectivity index (χ3n) is 5.84. The molecule has 1 N–H and O–H groups in total. The van der Waals surface area contributed by atoms with Crippen molar-refractivity contribution in [2.75, 3.05) is 20.3 Å². The molecule has 0 saturated carbocycles. The lowest BCUT2D eigenvalue weighted by molar-refractivity contribution is -0.123. The van der Waals surface area contributed by atoms with Gasteiger partial charge in [-0.15, -0.1) is 0 Å². The second kappa shape index (κ2) is 14.1. The average Bonchev–Trinajstić information content (AvgIpc) is 2.98. The second-order valence-corrected chi connectivity index (χ2v) is 9.50. The third-order valence-corrected chi connectivity index (χ3v) is 6.65. The van der Waals surface area contributed by atoms with E-state index >= 15 is 0 Å². The molecule has 0 atom stereocenters. The zero-order valence-electron chi connectivity index (χ0n) is 22.2. The average molecular weight is 605 g/mol. The lowest BCUT2D eigenvalue weighted by atomic mass is 10.1. The van der Waals surface area contributed by atoms with Crippen LogP contribution in [0.2, 0.25) is 0 Å². The van der Waals surface area contributed by atoms with E-state index in [-0.39, 0.29) is 12.4 Å².